The maximum Gasteiger partial charge on any atom is 0.275 e. The van der Waals surface area contributed by atoms with E-state index in [4.69, 9.17) is 0 Å². The van der Waals surface area contributed by atoms with Gasteiger partial charge < -0.3 is 5.32 Å². The largest absolute Gasteiger partial charge is 0.352 e. The third-order valence-electron chi connectivity index (χ3n) is 4.30. The fourth-order valence-corrected chi connectivity index (χ4v) is 3.26. The van der Waals surface area contributed by atoms with Gasteiger partial charge in [-0.05, 0) is 30.4 Å². The molecule has 2 heterocycles. The minimum Gasteiger partial charge on any atom is -0.352 e. The van der Waals surface area contributed by atoms with Crippen molar-refractivity contribution in [1.29, 1.82) is 0 Å². The molecule has 0 spiro atoms. The Labute approximate surface area is 150 Å². The molecule has 2 aromatic heterocycles. The normalized spacial score (nSPS) is 12.5. The minimum absolute atomic E-state index is 0.0421. The van der Waals surface area contributed by atoms with Crippen LogP contribution < -0.4 is 10.9 Å². The van der Waals surface area contributed by atoms with E-state index >= 15 is 0 Å². The van der Waals surface area contributed by atoms with Gasteiger partial charge in [-0.3, -0.25) is 9.59 Å². The molecular weight excluding hydrogens is 334 g/mol. The Morgan fingerprint density at radius 1 is 1.16 bits per heavy atom. The summed E-state index contributed by atoms with van der Waals surface area (Å²) in [5.41, 5.74) is 0.484. The van der Waals surface area contributed by atoms with Crippen LogP contribution in [0.2, 0.25) is 0 Å². The molecule has 0 aliphatic rings. The molecule has 0 fully saturated rings. The molecule has 1 N–H and O–H groups in total. The van der Waals surface area contributed by atoms with Gasteiger partial charge in [-0.15, -0.1) is 11.3 Å². The Morgan fingerprint density at radius 3 is 2.52 bits per heavy atom. The van der Waals surface area contributed by atoms with Crippen LogP contribution in [0.5, 0.6) is 0 Å². The van der Waals surface area contributed by atoms with Crippen molar-refractivity contribution in [2.24, 2.45) is 5.92 Å². The first kappa shape index (κ1) is 17.4. The predicted molar refractivity (Wildman–Crippen MR) is 102 cm³/mol. The molecule has 0 saturated carbocycles. The second kappa shape index (κ2) is 7.19. The van der Waals surface area contributed by atoms with Gasteiger partial charge in [-0.1, -0.05) is 38.1 Å². The lowest BCUT2D eigenvalue weighted by Gasteiger charge is -2.18. The molecule has 0 aliphatic heterocycles. The van der Waals surface area contributed by atoms with E-state index in [0.717, 1.165) is 16.0 Å². The molecule has 0 aliphatic carbocycles. The highest BCUT2D eigenvalue weighted by Crippen LogP contribution is 2.28. The summed E-state index contributed by atoms with van der Waals surface area (Å²) in [5.74, 6) is 0.120. The van der Waals surface area contributed by atoms with E-state index < -0.39 is 0 Å². The van der Waals surface area contributed by atoms with Gasteiger partial charge in [0.1, 0.15) is 12.2 Å². The van der Waals surface area contributed by atoms with Crippen molar-refractivity contribution in [3.05, 3.63) is 52.1 Å². The highest BCUT2D eigenvalue weighted by Gasteiger charge is 2.16. The van der Waals surface area contributed by atoms with Gasteiger partial charge in [0.05, 0.1) is 10.3 Å². The molecular formula is C19H21N3O2S. The summed E-state index contributed by atoms with van der Waals surface area (Å²) >= 11 is 1.56. The van der Waals surface area contributed by atoms with Crippen LogP contribution in [0.4, 0.5) is 0 Å². The first-order valence-corrected chi connectivity index (χ1v) is 9.18. The summed E-state index contributed by atoms with van der Waals surface area (Å²) in [5, 5.41) is 10.8. The van der Waals surface area contributed by atoms with Crippen molar-refractivity contribution in [2.75, 3.05) is 0 Å². The molecule has 0 unspecified atom stereocenters. The van der Waals surface area contributed by atoms with Gasteiger partial charge in [-0.25, -0.2) is 4.68 Å². The van der Waals surface area contributed by atoms with Crippen LogP contribution >= 0.6 is 11.3 Å². The topological polar surface area (TPSA) is 64.0 Å². The van der Waals surface area contributed by atoms with Gasteiger partial charge >= 0.3 is 0 Å². The van der Waals surface area contributed by atoms with Crippen molar-refractivity contribution in [3.8, 4) is 10.6 Å². The Balaban J connectivity index is 2.03. The number of nitrogens with one attached hydrogen (secondary N) is 1. The van der Waals surface area contributed by atoms with E-state index in [1.54, 1.807) is 17.4 Å². The SMILES string of the molecule is CC(C)[C@H](C)NC(=O)Cn1nc(-c2cccs2)c2ccccc2c1=O. The first-order valence-electron chi connectivity index (χ1n) is 8.30. The van der Waals surface area contributed by atoms with Crippen LogP contribution in [0.25, 0.3) is 21.3 Å². The fraction of sp³-hybridized carbons (Fsp3) is 0.316. The van der Waals surface area contributed by atoms with Crippen molar-refractivity contribution in [2.45, 2.75) is 33.4 Å². The third kappa shape index (κ3) is 3.64. The Hall–Kier alpha value is -2.47. The Bertz CT molecular complexity index is 945. The summed E-state index contributed by atoms with van der Waals surface area (Å²) in [6.07, 6.45) is 0. The molecule has 5 nitrogen and oxygen atoms in total. The van der Waals surface area contributed by atoms with Gasteiger partial charge in [0.15, 0.2) is 0 Å². The molecule has 3 aromatic rings. The smallest absolute Gasteiger partial charge is 0.275 e. The monoisotopic (exact) mass is 355 g/mol. The van der Waals surface area contributed by atoms with Gasteiger partial charge in [0.25, 0.3) is 5.56 Å². The van der Waals surface area contributed by atoms with Crippen molar-refractivity contribution >= 4 is 28.0 Å². The lowest BCUT2D eigenvalue weighted by Crippen LogP contribution is -2.40. The second-order valence-electron chi connectivity index (χ2n) is 6.43. The number of carbonyl (C=O) groups excluding carboxylic acids is 1. The average Bonchev–Trinajstić information content (AvgIpc) is 3.11. The molecule has 6 heteroatoms. The quantitative estimate of drug-likeness (QED) is 0.764. The van der Waals surface area contributed by atoms with E-state index in [1.165, 1.54) is 4.68 Å². The van der Waals surface area contributed by atoms with Crippen LogP contribution in [0.15, 0.2) is 46.6 Å². The Morgan fingerprint density at radius 2 is 1.88 bits per heavy atom. The number of rotatable bonds is 5. The number of fused-ring (bicyclic) bond motifs is 1. The number of hydrogen-bond acceptors (Lipinski definition) is 4. The molecule has 1 atom stereocenters. The van der Waals surface area contributed by atoms with Crippen LogP contribution in [-0.4, -0.2) is 21.7 Å². The molecule has 0 radical (unpaired) electrons. The fourth-order valence-electron chi connectivity index (χ4n) is 2.54. The molecule has 0 bridgehead atoms. The van der Waals surface area contributed by atoms with Crippen molar-refractivity contribution in [1.82, 2.24) is 15.1 Å². The van der Waals surface area contributed by atoms with E-state index in [2.05, 4.69) is 10.4 Å². The number of benzene rings is 1. The van der Waals surface area contributed by atoms with E-state index in [0.29, 0.717) is 11.3 Å². The summed E-state index contributed by atoms with van der Waals surface area (Å²) < 4.78 is 1.26. The van der Waals surface area contributed by atoms with Gasteiger partial charge in [0.2, 0.25) is 5.91 Å². The zero-order chi connectivity index (χ0) is 18.0. The minimum atomic E-state index is -0.247. The maximum atomic E-state index is 12.7. The summed E-state index contributed by atoms with van der Waals surface area (Å²) in [6.45, 7) is 5.95. The Kier molecular flexibility index (Phi) is 4.99. The predicted octanol–water partition coefficient (Wildman–Crippen LogP) is 3.29. The summed E-state index contributed by atoms with van der Waals surface area (Å²) in [6, 6.07) is 11.3. The van der Waals surface area contributed by atoms with Crippen LogP contribution in [0, 0.1) is 5.92 Å². The highest BCUT2D eigenvalue weighted by molar-refractivity contribution is 7.13. The number of carbonyl (C=O) groups is 1. The zero-order valence-electron chi connectivity index (χ0n) is 14.5. The van der Waals surface area contributed by atoms with Crippen LogP contribution in [0.3, 0.4) is 0 Å². The molecule has 3 rings (SSSR count). The van der Waals surface area contributed by atoms with Crippen LogP contribution in [0.1, 0.15) is 20.8 Å². The van der Waals surface area contributed by atoms with Crippen molar-refractivity contribution < 1.29 is 4.79 Å². The number of amides is 1. The van der Waals surface area contributed by atoms with Gasteiger partial charge in [0, 0.05) is 11.4 Å². The number of thiophene rings is 1. The van der Waals surface area contributed by atoms with Crippen molar-refractivity contribution in [3.63, 3.8) is 0 Å². The lowest BCUT2D eigenvalue weighted by atomic mass is 10.1. The number of aromatic nitrogens is 2. The first-order chi connectivity index (χ1) is 12.0. The number of hydrogen-bond donors (Lipinski definition) is 1. The van der Waals surface area contributed by atoms with Crippen LogP contribution in [-0.2, 0) is 11.3 Å². The standard InChI is InChI=1S/C19H21N3O2S/c1-12(2)13(3)20-17(23)11-22-19(24)15-8-5-4-7-14(15)18(21-22)16-9-6-10-25-16/h4-10,12-13H,11H2,1-3H3,(H,20,23)/t13-/m0/s1. The summed E-state index contributed by atoms with van der Waals surface area (Å²) in [7, 11) is 0. The molecule has 130 valence electrons. The summed E-state index contributed by atoms with van der Waals surface area (Å²) in [4.78, 5) is 26.0. The molecule has 1 aromatic carbocycles. The zero-order valence-corrected chi connectivity index (χ0v) is 15.3. The number of nitrogens with zero attached hydrogens (tertiary/aromatic N) is 2. The van der Waals surface area contributed by atoms with E-state index in [9.17, 15) is 9.59 Å². The molecule has 1 amide bonds. The third-order valence-corrected chi connectivity index (χ3v) is 5.18. The highest BCUT2D eigenvalue weighted by atomic mass is 32.1. The molecule has 0 saturated heterocycles. The lowest BCUT2D eigenvalue weighted by molar-refractivity contribution is -0.122. The molecule has 25 heavy (non-hydrogen) atoms. The van der Waals surface area contributed by atoms with E-state index in [1.807, 2.05) is 56.5 Å². The second-order valence-corrected chi connectivity index (χ2v) is 7.38. The van der Waals surface area contributed by atoms with E-state index in [-0.39, 0.29) is 24.1 Å². The average molecular weight is 355 g/mol. The van der Waals surface area contributed by atoms with Gasteiger partial charge in [-0.2, -0.15) is 5.10 Å². The maximum absolute atomic E-state index is 12.7.